The van der Waals surface area contributed by atoms with Crippen LogP contribution in [0.5, 0.6) is 0 Å². The zero-order chi connectivity index (χ0) is 17.2. The van der Waals surface area contributed by atoms with Gasteiger partial charge in [0, 0.05) is 24.0 Å². The molecule has 2 aromatic carbocycles. The summed E-state index contributed by atoms with van der Waals surface area (Å²) in [6.45, 7) is 1.47. The van der Waals surface area contributed by atoms with E-state index in [4.69, 9.17) is 0 Å². The number of nitrogens with one attached hydrogen (secondary N) is 2. The van der Waals surface area contributed by atoms with Crippen molar-refractivity contribution in [1.82, 2.24) is 0 Å². The summed E-state index contributed by atoms with van der Waals surface area (Å²) < 4.78 is 0. The topological polar surface area (TPSA) is 78.4 Å². The summed E-state index contributed by atoms with van der Waals surface area (Å²) in [5.74, 6) is -0.853. The Balaban J connectivity index is 1.75. The van der Waals surface area contributed by atoms with Crippen LogP contribution in [-0.2, 0) is 15.0 Å². The van der Waals surface area contributed by atoms with Gasteiger partial charge in [-0.25, -0.2) is 0 Å². The molecule has 24 heavy (non-hydrogen) atoms. The van der Waals surface area contributed by atoms with Crippen molar-refractivity contribution >= 4 is 28.9 Å². The molecule has 0 spiro atoms. The van der Waals surface area contributed by atoms with Gasteiger partial charge in [0.05, 0.1) is 5.41 Å². The van der Waals surface area contributed by atoms with Gasteiger partial charge >= 0.3 is 5.97 Å². The third kappa shape index (κ3) is 3.11. The minimum atomic E-state index is -0.738. The van der Waals surface area contributed by atoms with Gasteiger partial charge in [-0.2, -0.15) is 0 Å². The minimum absolute atomic E-state index is 0.115. The lowest BCUT2D eigenvalue weighted by atomic mass is 9.64. The number of aliphatic carboxylic acids is 1. The van der Waals surface area contributed by atoms with E-state index in [1.807, 2.05) is 48.5 Å². The largest absolute Gasteiger partial charge is 0.481 e. The van der Waals surface area contributed by atoms with Gasteiger partial charge in [0.1, 0.15) is 0 Å². The fraction of sp³-hybridized carbons (Fsp3) is 0.263. The third-order valence-electron chi connectivity index (χ3n) is 4.53. The molecule has 2 aromatic rings. The Morgan fingerprint density at radius 2 is 1.67 bits per heavy atom. The summed E-state index contributed by atoms with van der Waals surface area (Å²) in [7, 11) is 0. The number of anilines is 3. The van der Waals surface area contributed by atoms with Crippen molar-refractivity contribution in [2.45, 2.75) is 31.6 Å². The molecule has 0 heterocycles. The zero-order valence-corrected chi connectivity index (χ0v) is 13.5. The average Bonchev–Trinajstić information content (AvgIpc) is 2.47. The highest BCUT2D eigenvalue weighted by molar-refractivity contribution is 5.89. The van der Waals surface area contributed by atoms with Crippen molar-refractivity contribution in [2.75, 3.05) is 10.6 Å². The predicted octanol–water partition coefficient (Wildman–Crippen LogP) is 3.89. The maximum atomic E-state index is 11.6. The van der Waals surface area contributed by atoms with Crippen LogP contribution in [-0.4, -0.2) is 17.0 Å². The van der Waals surface area contributed by atoms with E-state index in [1.165, 1.54) is 6.92 Å². The van der Waals surface area contributed by atoms with Crippen LogP contribution in [0.2, 0.25) is 0 Å². The van der Waals surface area contributed by atoms with Crippen LogP contribution in [0, 0.1) is 0 Å². The van der Waals surface area contributed by atoms with Gasteiger partial charge in [-0.1, -0.05) is 24.6 Å². The molecule has 1 aliphatic carbocycles. The number of carboxylic acid groups (broad SMARTS) is 1. The van der Waals surface area contributed by atoms with Crippen LogP contribution in [0.4, 0.5) is 17.1 Å². The third-order valence-corrected chi connectivity index (χ3v) is 4.53. The quantitative estimate of drug-likeness (QED) is 0.779. The van der Waals surface area contributed by atoms with E-state index in [0.717, 1.165) is 29.0 Å². The molecule has 0 saturated heterocycles. The Morgan fingerprint density at radius 3 is 2.21 bits per heavy atom. The van der Waals surface area contributed by atoms with E-state index in [-0.39, 0.29) is 5.91 Å². The average molecular weight is 324 g/mol. The highest BCUT2D eigenvalue weighted by Crippen LogP contribution is 2.44. The fourth-order valence-corrected chi connectivity index (χ4v) is 3.07. The molecule has 3 rings (SSSR count). The van der Waals surface area contributed by atoms with Crippen LogP contribution in [0.1, 0.15) is 31.7 Å². The first-order chi connectivity index (χ1) is 11.5. The van der Waals surface area contributed by atoms with Gasteiger partial charge in [0.25, 0.3) is 0 Å². The number of hydrogen-bond donors (Lipinski definition) is 3. The molecule has 5 nitrogen and oxygen atoms in total. The number of amides is 1. The number of carbonyl (C=O) groups excluding carboxylic acids is 1. The number of carboxylic acids is 1. The van der Waals surface area contributed by atoms with E-state index in [1.54, 1.807) is 0 Å². The van der Waals surface area contributed by atoms with Crippen molar-refractivity contribution in [3.63, 3.8) is 0 Å². The predicted molar refractivity (Wildman–Crippen MR) is 93.6 cm³/mol. The molecular weight excluding hydrogens is 304 g/mol. The molecule has 0 aliphatic heterocycles. The van der Waals surface area contributed by atoms with E-state index >= 15 is 0 Å². The Morgan fingerprint density at radius 1 is 1.00 bits per heavy atom. The zero-order valence-electron chi connectivity index (χ0n) is 13.5. The first kappa shape index (κ1) is 16.1. The number of carbonyl (C=O) groups is 2. The van der Waals surface area contributed by atoms with Gasteiger partial charge < -0.3 is 15.7 Å². The van der Waals surface area contributed by atoms with Crippen molar-refractivity contribution in [3.8, 4) is 0 Å². The van der Waals surface area contributed by atoms with E-state index in [2.05, 4.69) is 10.6 Å². The molecule has 3 N–H and O–H groups in total. The van der Waals surface area contributed by atoms with Crippen molar-refractivity contribution < 1.29 is 14.7 Å². The SMILES string of the molecule is CC(=O)Nc1cccc(Nc2ccc(C3(C(=O)O)CCC3)cc2)c1. The number of rotatable bonds is 5. The second kappa shape index (κ2) is 6.35. The standard InChI is InChI=1S/C19H20N2O3/c1-13(22)20-16-4-2-5-17(12-16)21-15-8-6-14(7-9-15)19(18(23)24)10-3-11-19/h2,4-9,12,21H,3,10-11H2,1H3,(H,20,22)(H,23,24). The molecule has 1 aliphatic rings. The summed E-state index contributed by atoms with van der Waals surface area (Å²) in [5, 5.41) is 15.5. The molecule has 0 bridgehead atoms. The summed E-state index contributed by atoms with van der Waals surface area (Å²) in [5.41, 5.74) is 2.61. The van der Waals surface area contributed by atoms with Crippen LogP contribution < -0.4 is 10.6 Å². The molecule has 1 amide bonds. The molecule has 5 heteroatoms. The fourth-order valence-electron chi connectivity index (χ4n) is 3.07. The van der Waals surface area contributed by atoms with E-state index < -0.39 is 11.4 Å². The Bertz CT molecular complexity index is 764. The highest BCUT2D eigenvalue weighted by atomic mass is 16.4. The van der Waals surface area contributed by atoms with Gasteiger partial charge in [0.15, 0.2) is 0 Å². The Kier molecular flexibility index (Phi) is 4.25. The normalized spacial score (nSPS) is 15.2. The van der Waals surface area contributed by atoms with Crippen LogP contribution in [0.3, 0.4) is 0 Å². The molecule has 0 radical (unpaired) electrons. The maximum absolute atomic E-state index is 11.6. The lowest BCUT2D eigenvalue weighted by Gasteiger charge is -2.38. The van der Waals surface area contributed by atoms with E-state index in [9.17, 15) is 14.7 Å². The van der Waals surface area contributed by atoms with Crippen molar-refractivity contribution in [2.24, 2.45) is 0 Å². The molecule has 1 fully saturated rings. The number of hydrogen-bond acceptors (Lipinski definition) is 3. The lowest BCUT2D eigenvalue weighted by molar-refractivity contribution is -0.147. The first-order valence-corrected chi connectivity index (χ1v) is 7.98. The lowest BCUT2D eigenvalue weighted by Crippen LogP contribution is -2.42. The maximum Gasteiger partial charge on any atom is 0.314 e. The molecular formula is C19H20N2O3. The summed E-state index contributed by atoms with van der Waals surface area (Å²) in [4.78, 5) is 22.7. The molecule has 124 valence electrons. The van der Waals surface area contributed by atoms with Crippen LogP contribution in [0.15, 0.2) is 48.5 Å². The van der Waals surface area contributed by atoms with Gasteiger partial charge in [-0.15, -0.1) is 0 Å². The van der Waals surface area contributed by atoms with Crippen molar-refractivity contribution in [3.05, 3.63) is 54.1 Å². The van der Waals surface area contributed by atoms with Crippen LogP contribution >= 0.6 is 0 Å². The molecule has 0 atom stereocenters. The van der Waals surface area contributed by atoms with Gasteiger partial charge in [-0.05, 0) is 48.7 Å². The van der Waals surface area contributed by atoms with E-state index in [0.29, 0.717) is 12.8 Å². The molecule has 0 aromatic heterocycles. The Labute approximate surface area is 140 Å². The summed E-state index contributed by atoms with van der Waals surface area (Å²) >= 11 is 0. The first-order valence-electron chi connectivity index (χ1n) is 7.98. The summed E-state index contributed by atoms with van der Waals surface area (Å²) in [6, 6.07) is 15.0. The van der Waals surface area contributed by atoms with Crippen LogP contribution in [0.25, 0.3) is 0 Å². The molecule has 0 unspecified atom stereocenters. The smallest absolute Gasteiger partial charge is 0.314 e. The van der Waals surface area contributed by atoms with Gasteiger partial charge in [-0.3, -0.25) is 9.59 Å². The second-order valence-electron chi connectivity index (χ2n) is 6.21. The Hall–Kier alpha value is -2.82. The highest BCUT2D eigenvalue weighted by Gasteiger charge is 2.45. The van der Waals surface area contributed by atoms with Crippen molar-refractivity contribution in [1.29, 1.82) is 0 Å². The van der Waals surface area contributed by atoms with Gasteiger partial charge in [0.2, 0.25) is 5.91 Å². The summed E-state index contributed by atoms with van der Waals surface area (Å²) in [6.07, 6.45) is 2.37. The monoisotopic (exact) mass is 324 g/mol. The molecule has 1 saturated carbocycles. The number of benzene rings is 2. The second-order valence-corrected chi connectivity index (χ2v) is 6.21. The minimum Gasteiger partial charge on any atom is -0.481 e.